The van der Waals surface area contributed by atoms with Gasteiger partial charge < -0.3 is 20.3 Å². The number of nitrogens with zero attached hydrogens (tertiary/aromatic N) is 2. The van der Waals surface area contributed by atoms with Crippen LogP contribution in [0.5, 0.6) is 11.6 Å². The van der Waals surface area contributed by atoms with Gasteiger partial charge in [-0.25, -0.2) is 9.78 Å². The maximum Gasteiger partial charge on any atom is 0.319 e. The average Bonchev–Trinajstić information content (AvgIpc) is 3.18. The number of hydrogen-bond acceptors (Lipinski definition) is 4. The first-order valence-electron chi connectivity index (χ1n) is 8.63. The summed E-state index contributed by atoms with van der Waals surface area (Å²) in [4.78, 5) is 29.7. The third-order valence-electron chi connectivity index (χ3n) is 4.10. The third kappa shape index (κ3) is 4.95. The molecular formula is C19H22N4O3. The van der Waals surface area contributed by atoms with E-state index in [9.17, 15) is 9.59 Å². The van der Waals surface area contributed by atoms with E-state index in [1.165, 1.54) is 6.20 Å². The maximum atomic E-state index is 11.9. The molecule has 136 valence electrons. The molecule has 0 radical (unpaired) electrons. The van der Waals surface area contributed by atoms with Gasteiger partial charge in [0.25, 0.3) is 0 Å². The number of benzene rings is 1. The Labute approximate surface area is 152 Å². The molecule has 1 saturated heterocycles. The van der Waals surface area contributed by atoms with Crippen molar-refractivity contribution in [2.75, 3.05) is 25.0 Å². The number of likely N-dealkylation sites (tertiary alicyclic amines) is 1. The van der Waals surface area contributed by atoms with Gasteiger partial charge in [-0.15, -0.1) is 0 Å². The first-order valence-corrected chi connectivity index (χ1v) is 8.63. The van der Waals surface area contributed by atoms with E-state index in [1.54, 1.807) is 17.0 Å². The molecule has 1 aromatic carbocycles. The van der Waals surface area contributed by atoms with Crippen LogP contribution in [-0.4, -0.2) is 41.5 Å². The number of urea groups is 1. The molecule has 7 nitrogen and oxygen atoms in total. The summed E-state index contributed by atoms with van der Waals surface area (Å²) in [6.07, 6.45) is 3.56. The van der Waals surface area contributed by atoms with Crippen LogP contribution in [0.3, 0.4) is 0 Å². The highest BCUT2D eigenvalue weighted by Gasteiger charge is 2.18. The molecule has 3 amide bonds. The normalized spacial score (nSPS) is 13.3. The van der Waals surface area contributed by atoms with Gasteiger partial charge in [0.15, 0.2) is 0 Å². The van der Waals surface area contributed by atoms with Crippen molar-refractivity contribution in [3.8, 4) is 11.6 Å². The summed E-state index contributed by atoms with van der Waals surface area (Å²) in [5.41, 5.74) is 1.67. The van der Waals surface area contributed by atoms with Crippen LogP contribution in [0.2, 0.25) is 0 Å². The number of nitrogens with one attached hydrogen (secondary N) is 2. The highest BCUT2D eigenvalue weighted by atomic mass is 16.5. The summed E-state index contributed by atoms with van der Waals surface area (Å²) in [7, 11) is 0. The van der Waals surface area contributed by atoms with Gasteiger partial charge in [-0.05, 0) is 38.0 Å². The standard InChI is InChI=1S/C19H22N4O3/c1-14-4-7-16(8-5-14)26-17-9-6-15(12-20-17)22-19(25)21-13-18(24)23-10-2-3-11-23/h4-9,12H,2-3,10-11,13H2,1H3,(H2,21,22,25). The van der Waals surface area contributed by atoms with E-state index in [1.807, 2.05) is 31.2 Å². The second-order valence-corrected chi connectivity index (χ2v) is 6.20. The van der Waals surface area contributed by atoms with E-state index in [0.29, 0.717) is 17.3 Å². The summed E-state index contributed by atoms with van der Waals surface area (Å²) in [5, 5.41) is 5.21. The van der Waals surface area contributed by atoms with E-state index in [2.05, 4.69) is 15.6 Å². The molecule has 0 bridgehead atoms. The van der Waals surface area contributed by atoms with Gasteiger partial charge in [-0.1, -0.05) is 17.7 Å². The number of anilines is 1. The fourth-order valence-corrected chi connectivity index (χ4v) is 2.65. The molecule has 1 aliphatic heterocycles. The van der Waals surface area contributed by atoms with Crippen LogP contribution in [0.15, 0.2) is 42.6 Å². The number of amides is 3. The Morgan fingerprint density at radius 2 is 1.85 bits per heavy atom. The molecule has 0 spiro atoms. The summed E-state index contributed by atoms with van der Waals surface area (Å²) < 4.78 is 5.64. The maximum absolute atomic E-state index is 11.9. The molecule has 2 aromatic rings. The Balaban J connectivity index is 1.46. The second kappa shape index (κ2) is 8.33. The monoisotopic (exact) mass is 354 g/mol. The van der Waals surface area contributed by atoms with Crippen molar-refractivity contribution in [3.63, 3.8) is 0 Å². The van der Waals surface area contributed by atoms with Crippen LogP contribution in [0.4, 0.5) is 10.5 Å². The quantitative estimate of drug-likeness (QED) is 0.865. The van der Waals surface area contributed by atoms with Gasteiger partial charge in [-0.3, -0.25) is 4.79 Å². The minimum Gasteiger partial charge on any atom is -0.439 e. The molecule has 3 rings (SSSR count). The first-order chi connectivity index (χ1) is 12.6. The Kier molecular flexibility index (Phi) is 5.68. The van der Waals surface area contributed by atoms with Crippen LogP contribution in [-0.2, 0) is 4.79 Å². The summed E-state index contributed by atoms with van der Waals surface area (Å²) in [5.74, 6) is 1.07. The lowest BCUT2D eigenvalue weighted by molar-refractivity contribution is -0.128. The summed E-state index contributed by atoms with van der Waals surface area (Å²) in [6, 6.07) is 10.6. The molecular weight excluding hydrogens is 332 g/mol. The minimum absolute atomic E-state index is 0.00607. The SMILES string of the molecule is Cc1ccc(Oc2ccc(NC(=O)NCC(=O)N3CCCC3)cn2)cc1. The third-order valence-corrected chi connectivity index (χ3v) is 4.10. The Morgan fingerprint density at radius 3 is 2.50 bits per heavy atom. The number of carbonyl (C=O) groups excluding carboxylic acids is 2. The molecule has 1 aliphatic rings. The molecule has 0 unspecified atom stereocenters. The first kappa shape index (κ1) is 17.7. The molecule has 1 fully saturated rings. The molecule has 2 N–H and O–H groups in total. The predicted molar refractivity (Wildman–Crippen MR) is 98.3 cm³/mol. The Hall–Kier alpha value is -3.09. The van der Waals surface area contributed by atoms with Crippen LogP contribution in [0, 0.1) is 6.92 Å². The molecule has 2 heterocycles. The van der Waals surface area contributed by atoms with Crippen molar-refractivity contribution in [1.29, 1.82) is 0 Å². The van der Waals surface area contributed by atoms with E-state index < -0.39 is 6.03 Å². The Morgan fingerprint density at radius 1 is 1.12 bits per heavy atom. The van der Waals surface area contributed by atoms with E-state index >= 15 is 0 Å². The van der Waals surface area contributed by atoms with Crippen LogP contribution in [0.1, 0.15) is 18.4 Å². The number of ether oxygens (including phenoxy) is 1. The fourth-order valence-electron chi connectivity index (χ4n) is 2.65. The molecule has 7 heteroatoms. The highest BCUT2D eigenvalue weighted by Crippen LogP contribution is 2.20. The van der Waals surface area contributed by atoms with Crippen molar-refractivity contribution < 1.29 is 14.3 Å². The van der Waals surface area contributed by atoms with Crippen molar-refractivity contribution in [3.05, 3.63) is 48.2 Å². The van der Waals surface area contributed by atoms with E-state index in [4.69, 9.17) is 4.74 Å². The highest BCUT2D eigenvalue weighted by molar-refractivity contribution is 5.92. The van der Waals surface area contributed by atoms with Crippen molar-refractivity contribution in [2.45, 2.75) is 19.8 Å². The van der Waals surface area contributed by atoms with Gasteiger partial charge in [0, 0.05) is 19.2 Å². The number of hydrogen-bond donors (Lipinski definition) is 2. The largest absolute Gasteiger partial charge is 0.439 e. The van der Waals surface area contributed by atoms with E-state index in [-0.39, 0.29) is 12.5 Å². The lowest BCUT2D eigenvalue weighted by atomic mass is 10.2. The number of aromatic nitrogens is 1. The van der Waals surface area contributed by atoms with Crippen molar-refractivity contribution in [1.82, 2.24) is 15.2 Å². The van der Waals surface area contributed by atoms with Crippen LogP contribution >= 0.6 is 0 Å². The number of carbonyl (C=O) groups is 2. The van der Waals surface area contributed by atoms with Crippen LogP contribution < -0.4 is 15.4 Å². The van der Waals surface area contributed by atoms with Crippen molar-refractivity contribution >= 4 is 17.6 Å². The molecule has 0 aliphatic carbocycles. The minimum atomic E-state index is -0.438. The number of pyridine rings is 1. The molecule has 0 saturated carbocycles. The molecule has 0 atom stereocenters. The van der Waals surface area contributed by atoms with Gasteiger partial charge in [-0.2, -0.15) is 0 Å². The van der Waals surface area contributed by atoms with Gasteiger partial charge in [0.2, 0.25) is 11.8 Å². The second-order valence-electron chi connectivity index (χ2n) is 6.20. The fraction of sp³-hybridized carbons (Fsp3) is 0.316. The predicted octanol–water partition coefficient (Wildman–Crippen LogP) is 2.93. The number of rotatable bonds is 5. The zero-order valence-electron chi connectivity index (χ0n) is 14.7. The molecule has 26 heavy (non-hydrogen) atoms. The number of aryl methyl sites for hydroxylation is 1. The molecule has 1 aromatic heterocycles. The lowest BCUT2D eigenvalue weighted by Gasteiger charge is -2.15. The average molecular weight is 354 g/mol. The summed E-state index contributed by atoms with van der Waals surface area (Å²) >= 11 is 0. The summed E-state index contributed by atoms with van der Waals surface area (Å²) in [6.45, 7) is 3.54. The van der Waals surface area contributed by atoms with E-state index in [0.717, 1.165) is 31.5 Å². The van der Waals surface area contributed by atoms with Gasteiger partial charge >= 0.3 is 6.03 Å². The van der Waals surface area contributed by atoms with Gasteiger partial charge in [0.05, 0.1) is 18.4 Å². The zero-order valence-corrected chi connectivity index (χ0v) is 14.7. The van der Waals surface area contributed by atoms with Gasteiger partial charge in [0.1, 0.15) is 5.75 Å². The lowest BCUT2D eigenvalue weighted by Crippen LogP contribution is -2.40. The zero-order chi connectivity index (χ0) is 18.4. The topological polar surface area (TPSA) is 83.6 Å². The smallest absolute Gasteiger partial charge is 0.319 e. The Bertz CT molecular complexity index is 753. The van der Waals surface area contributed by atoms with Crippen LogP contribution in [0.25, 0.3) is 0 Å². The van der Waals surface area contributed by atoms with Crippen molar-refractivity contribution in [2.24, 2.45) is 0 Å².